The standard InChI is InChI=1S/C23H23NO7S/c1-22(2)23(3,27)21(30-15-9-10-24-20(26)12-15)18-13-17(7-8-19(18)31-22)32(28,29)16-6-4-5-14(25)11-16/h4-13,21,25,27H,1-3H3,(H,24,26)/t21-,23+/m1/s1. The molecule has 3 aromatic rings. The fraction of sp³-hybridized carbons (Fsp3) is 0.261. The van der Waals surface area contributed by atoms with Gasteiger partial charge in [-0.15, -0.1) is 0 Å². The van der Waals surface area contributed by atoms with E-state index in [0.29, 0.717) is 11.3 Å². The molecule has 8 nitrogen and oxygen atoms in total. The van der Waals surface area contributed by atoms with E-state index in [1.165, 1.54) is 61.7 Å². The Bertz CT molecular complexity index is 1340. The van der Waals surface area contributed by atoms with Gasteiger partial charge in [-0.2, -0.15) is 0 Å². The zero-order chi connectivity index (χ0) is 23.3. The summed E-state index contributed by atoms with van der Waals surface area (Å²) in [7, 11) is -3.97. The van der Waals surface area contributed by atoms with E-state index in [9.17, 15) is 23.4 Å². The summed E-state index contributed by atoms with van der Waals surface area (Å²) < 4.78 is 38.3. The summed E-state index contributed by atoms with van der Waals surface area (Å²) in [6.07, 6.45) is 0.378. The topological polar surface area (TPSA) is 126 Å². The number of H-pyrrole nitrogens is 1. The number of aromatic amines is 1. The fourth-order valence-corrected chi connectivity index (χ4v) is 4.92. The number of pyridine rings is 1. The van der Waals surface area contributed by atoms with Gasteiger partial charge in [0.1, 0.15) is 28.5 Å². The van der Waals surface area contributed by atoms with E-state index in [0.717, 1.165) is 6.07 Å². The quantitative estimate of drug-likeness (QED) is 0.550. The van der Waals surface area contributed by atoms with Crippen LogP contribution in [0, 0.1) is 0 Å². The van der Waals surface area contributed by atoms with Crippen molar-refractivity contribution in [3.8, 4) is 17.2 Å². The van der Waals surface area contributed by atoms with E-state index in [2.05, 4.69) is 4.98 Å². The lowest BCUT2D eigenvalue weighted by molar-refractivity contribution is -0.174. The van der Waals surface area contributed by atoms with Crippen LogP contribution in [0.1, 0.15) is 32.4 Å². The third-order valence-corrected chi connectivity index (χ3v) is 7.55. The van der Waals surface area contributed by atoms with Crippen LogP contribution in [0.2, 0.25) is 0 Å². The Morgan fingerprint density at radius 1 is 1.03 bits per heavy atom. The number of fused-ring (bicyclic) bond motifs is 1. The van der Waals surface area contributed by atoms with Crippen LogP contribution >= 0.6 is 0 Å². The van der Waals surface area contributed by atoms with E-state index in [4.69, 9.17) is 9.47 Å². The van der Waals surface area contributed by atoms with Crippen LogP contribution in [0.5, 0.6) is 17.2 Å². The summed E-state index contributed by atoms with van der Waals surface area (Å²) in [6, 6.07) is 12.4. The van der Waals surface area contributed by atoms with E-state index < -0.39 is 27.1 Å². The Morgan fingerprint density at radius 2 is 1.75 bits per heavy atom. The van der Waals surface area contributed by atoms with Gasteiger partial charge in [0, 0.05) is 17.8 Å². The number of aromatic nitrogens is 1. The summed E-state index contributed by atoms with van der Waals surface area (Å²) in [5.74, 6) is 0.391. The van der Waals surface area contributed by atoms with Crippen molar-refractivity contribution in [1.82, 2.24) is 4.98 Å². The molecule has 0 amide bonds. The number of rotatable bonds is 4. The second kappa shape index (κ2) is 7.39. The van der Waals surface area contributed by atoms with Gasteiger partial charge in [-0.25, -0.2) is 8.42 Å². The highest BCUT2D eigenvalue weighted by atomic mass is 32.2. The summed E-state index contributed by atoms with van der Waals surface area (Å²) in [4.78, 5) is 14.1. The number of phenolic OH excluding ortho intramolecular Hbond substituents is 1. The molecule has 4 rings (SSSR count). The van der Waals surface area contributed by atoms with Gasteiger partial charge >= 0.3 is 0 Å². The summed E-state index contributed by atoms with van der Waals surface area (Å²) in [5.41, 5.74) is -2.74. The second-order valence-corrected chi connectivity index (χ2v) is 10.3. The zero-order valence-electron chi connectivity index (χ0n) is 17.7. The maximum absolute atomic E-state index is 13.2. The number of aromatic hydroxyl groups is 1. The first kappa shape index (κ1) is 21.9. The normalized spacial score (nSPS) is 21.9. The monoisotopic (exact) mass is 457 g/mol. The minimum absolute atomic E-state index is 0.0551. The number of ether oxygens (including phenoxy) is 2. The van der Waals surface area contributed by atoms with Gasteiger partial charge in [0.15, 0.2) is 6.10 Å². The third-order valence-electron chi connectivity index (χ3n) is 5.80. The van der Waals surface area contributed by atoms with Crippen molar-refractivity contribution >= 4 is 9.84 Å². The second-order valence-electron chi connectivity index (χ2n) is 8.35. The maximum atomic E-state index is 13.2. The molecule has 1 aliphatic rings. The van der Waals surface area contributed by atoms with Crippen molar-refractivity contribution in [2.45, 2.75) is 47.9 Å². The molecule has 0 bridgehead atoms. The lowest BCUT2D eigenvalue weighted by atomic mass is 9.77. The number of phenols is 1. The number of hydrogen-bond acceptors (Lipinski definition) is 7. The number of benzene rings is 2. The minimum Gasteiger partial charge on any atom is -0.508 e. The first-order valence-electron chi connectivity index (χ1n) is 9.87. The predicted octanol–water partition coefficient (Wildman–Crippen LogP) is 2.96. The van der Waals surface area contributed by atoms with Crippen molar-refractivity contribution in [2.75, 3.05) is 0 Å². The van der Waals surface area contributed by atoms with Gasteiger partial charge in [0.05, 0.1) is 9.79 Å². The van der Waals surface area contributed by atoms with Crippen LogP contribution in [0.15, 0.2) is 75.4 Å². The molecule has 0 unspecified atom stereocenters. The molecular formula is C23H23NO7S. The number of sulfone groups is 1. The predicted molar refractivity (Wildman–Crippen MR) is 116 cm³/mol. The van der Waals surface area contributed by atoms with Crippen LogP contribution in [0.4, 0.5) is 0 Å². The van der Waals surface area contributed by atoms with Crippen molar-refractivity contribution in [2.24, 2.45) is 0 Å². The molecule has 0 fully saturated rings. The molecule has 0 radical (unpaired) electrons. The average molecular weight is 458 g/mol. The van der Waals surface area contributed by atoms with Crippen molar-refractivity contribution < 1.29 is 28.1 Å². The van der Waals surface area contributed by atoms with Crippen LogP contribution in [-0.2, 0) is 9.84 Å². The number of nitrogens with one attached hydrogen (secondary N) is 1. The van der Waals surface area contributed by atoms with E-state index in [1.807, 2.05) is 0 Å². The zero-order valence-corrected chi connectivity index (χ0v) is 18.5. The molecule has 0 spiro atoms. The Kier molecular flexibility index (Phi) is 5.06. The molecule has 0 saturated heterocycles. The molecule has 3 N–H and O–H groups in total. The van der Waals surface area contributed by atoms with Gasteiger partial charge in [-0.05, 0) is 63.2 Å². The van der Waals surface area contributed by atoms with Crippen LogP contribution in [0.25, 0.3) is 0 Å². The fourth-order valence-electron chi connectivity index (χ4n) is 3.59. The van der Waals surface area contributed by atoms with Gasteiger partial charge in [0.25, 0.3) is 5.56 Å². The van der Waals surface area contributed by atoms with Crippen molar-refractivity contribution in [3.05, 3.63) is 76.7 Å². The molecule has 168 valence electrons. The molecule has 0 saturated carbocycles. The highest BCUT2D eigenvalue weighted by Crippen LogP contribution is 2.48. The molecule has 1 aliphatic heterocycles. The Labute approximate surface area is 185 Å². The third kappa shape index (κ3) is 3.63. The van der Waals surface area contributed by atoms with Crippen LogP contribution in [0.3, 0.4) is 0 Å². The van der Waals surface area contributed by atoms with E-state index in [1.54, 1.807) is 13.8 Å². The number of aliphatic hydroxyl groups is 1. The summed E-state index contributed by atoms with van der Waals surface area (Å²) in [5, 5.41) is 21.1. The SMILES string of the molecule is CC1(C)Oc2ccc(S(=O)(=O)c3cccc(O)c3)cc2[C@@H](Oc2cc[nH]c(=O)c2)[C@]1(C)O. The molecule has 2 heterocycles. The van der Waals surface area contributed by atoms with Gasteiger partial charge in [0.2, 0.25) is 9.84 Å². The molecule has 32 heavy (non-hydrogen) atoms. The highest BCUT2D eigenvalue weighted by Gasteiger charge is 2.54. The molecule has 2 aromatic carbocycles. The largest absolute Gasteiger partial charge is 0.508 e. The minimum atomic E-state index is -3.97. The van der Waals surface area contributed by atoms with Crippen molar-refractivity contribution in [1.29, 1.82) is 0 Å². The Morgan fingerprint density at radius 3 is 2.44 bits per heavy atom. The van der Waals surface area contributed by atoms with Crippen LogP contribution < -0.4 is 15.0 Å². The summed E-state index contributed by atoms with van der Waals surface area (Å²) >= 11 is 0. The van der Waals surface area contributed by atoms with E-state index in [-0.39, 0.29) is 26.8 Å². The first-order chi connectivity index (χ1) is 14.9. The highest BCUT2D eigenvalue weighted by molar-refractivity contribution is 7.91. The van der Waals surface area contributed by atoms with Gasteiger partial charge < -0.3 is 24.7 Å². The molecular weight excluding hydrogens is 434 g/mol. The Hall–Kier alpha value is -3.30. The Balaban J connectivity index is 1.86. The van der Waals surface area contributed by atoms with E-state index >= 15 is 0 Å². The van der Waals surface area contributed by atoms with Crippen molar-refractivity contribution in [3.63, 3.8) is 0 Å². The lowest BCUT2D eigenvalue weighted by Gasteiger charge is -2.49. The molecule has 0 aliphatic carbocycles. The lowest BCUT2D eigenvalue weighted by Crippen LogP contribution is -2.59. The molecule has 1 aromatic heterocycles. The van der Waals surface area contributed by atoms with Gasteiger partial charge in [-0.3, -0.25) is 4.79 Å². The molecule has 2 atom stereocenters. The maximum Gasteiger partial charge on any atom is 0.251 e. The molecule has 9 heteroatoms. The van der Waals surface area contributed by atoms with Gasteiger partial charge in [-0.1, -0.05) is 6.07 Å². The summed E-state index contributed by atoms with van der Waals surface area (Å²) in [6.45, 7) is 4.92. The average Bonchev–Trinajstić information content (AvgIpc) is 2.71. The first-order valence-corrected chi connectivity index (χ1v) is 11.3. The van der Waals surface area contributed by atoms with Crippen LogP contribution in [-0.4, -0.2) is 34.8 Å². The smallest absolute Gasteiger partial charge is 0.251 e. The number of hydrogen-bond donors (Lipinski definition) is 3.